The van der Waals surface area contributed by atoms with E-state index in [-0.39, 0.29) is 18.1 Å². The minimum atomic E-state index is -0.676. The molecule has 1 aromatic heterocycles. The van der Waals surface area contributed by atoms with Gasteiger partial charge in [-0.25, -0.2) is 4.98 Å². The quantitative estimate of drug-likeness (QED) is 0.903. The first kappa shape index (κ1) is 17.3. The summed E-state index contributed by atoms with van der Waals surface area (Å²) in [6, 6.07) is 2.08. The summed E-state index contributed by atoms with van der Waals surface area (Å²) in [6.45, 7) is 3.87. The Morgan fingerprint density at radius 2 is 2.33 bits per heavy atom. The molecule has 0 unspecified atom stereocenters. The lowest BCUT2D eigenvalue weighted by atomic mass is 9.82. The summed E-state index contributed by atoms with van der Waals surface area (Å²) in [4.78, 5) is 19.2. The van der Waals surface area contributed by atoms with Crippen molar-refractivity contribution in [3.63, 3.8) is 0 Å². The monoisotopic (exact) mass is 348 g/mol. The van der Waals surface area contributed by atoms with Crippen LogP contribution < -0.4 is 5.32 Å². The van der Waals surface area contributed by atoms with E-state index in [4.69, 9.17) is 4.74 Å². The first-order valence-corrected chi connectivity index (χ1v) is 9.50. The molecule has 2 aliphatic rings. The van der Waals surface area contributed by atoms with Crippen LogP contribution >= 0.6 is 11.3 Å². The van der Waals surface area contributed by atoms with Crippen LogP contribution in [0.3, 0.4) is 0 Å². The van der Waals surface area contributed by atoms with Gasteiger partial charge in [-0.05, 0) is 19.8 Å². The van der Waals surface area contributed by atoms with E-state index >= 15 is 0 Å². The average molecular weight is 348 g/mol. The number of carbonyl (C=O) groups is 1. The topological polar surface area (TPSA) is 78.2 Å². The lowest BCUT2D eigenvalue weighted by Gasteiger charge is -2.38. The number of hydrogen-bond acceptors (Lipinski definition) is 6. The van der Waals surface area contributed by atoms with Crippen molar-refractivity contribution >= 4 is 17.2 Å². The van der Waals surface area contributed by atoms with Gasteiger partial charge in [0, 0.05) is 24.7 Å². The highest BCUT2D eigenvalue weighted by Gasteiger charge is 2.37. The highest BCUT2D eigenvalue weighted by Crippen LogP contribution is 2.28. The molecule has 1 saturated carbocycles. The number of nitrogens with zero attached hydrogens (tertiary/aromatic N) is 3. The summed E-state index contributed by atoms with van der Waals surface area (Å²) in [5.41, 5.74) is -0.676. The molecule has 0 radical (unpaired) electrons. The van der Waals surface area contributed by atoms with Gasteiger partial charge in [-0.15, -0.1) is 11.3 Å². The minimum Gasteiger partial charge on any atom is -0.368 e. The SMILES string of the molecule is C[C@H](C(=O)NC1(C#N)CCCCC1)N1CCO[C@@H](c2nccs2)C1. The van der Waals surface area contributed by atoms with Gasteiger partial charge >= 0.3 is 0 Å². The Labute approximate surface area is 146 Å². The molecule has 2 atom stereocenters. The first-order valence-electron chi connectivity index (χ1n) is 8.62. The van der Waals surface area contributed by atoms with E-state index in [1.807, 2.05) is 12.3 Å². The Morgan fingerprint density at radius 3 is 3.00 bits per heavy atom. The van der Waals surface area contributed by atoms with Gasteiger partial charge in [-0.1, -0.05) is 19.3 Å². The zero-order valence-electron chi connectivity index (χ0n) is 14.0. The molecule has 1 aromatic rings. The zero-order valence-corrected chi connectivity index (χ0v) is 14.8. The molecule has 7 heteroatoms. The molecular weight excluding hydrogens is 324 g/mol. The van der Waals surface area contributed by atoms with E-state index in [9.17, 15) is 10.1 Å². The van der Waals surface area contributed by atoms with Crippen LogP contribution in [0.4, 0.5) is 0 Å². The van der Waals surface area contributed by atoms with Gasteiger partial charge in [0.1, 0.15) is 16.7 Å². The standard InChI is InChI=1S/C17H24N4O2S/c1-13(15(22)20-17(12-18)5-3-2-4-6-17)21-8-9-23-14(11-21)16-19-7-10-24-16/h7,10,13-14H,2-6,8-9,11H2,1H3,(H,20,22)/t13-,14-/m1/s1. The lowest BCUT2D eigenvalue weighted by Crippen LogP contribution is -2.56. The van der Waals surface area contributed by atoms with Crippen molar-refractivity contribution in [2.24, 2.45) is 0 Å². The van der Waals surface area contributed by atoms with Crippen molar-refractivity contribution in [3.8, 4) is 6.07 Å². The number of ether oxygens (including phenoxy) is 1. The molecule has 1 aliphatic heterocycles. The predicted octanol–water partition coefficient (Wildman–Crippen LogP) is 2.25. The molecule has 24 heavy (non-hydrogen) atoms. The lowest BCUT2D eigenvalue weighted by molar-refractivity contribution is -0.131. The van der Waals surface area contributed by atoms with Gasteiger partial charge in [-0.2, -0.15) is 5.26 Å². The summed E-state index contributed by atoms with van der Waals surface area (Å²) in [6.07, 6.45) is 6.37. The average Bonchev–Trinajstić information content (AvgIpc) is 3.16. The summed E-state index contributed by atoms with van der Waals surface area (Å²) >= 11 is 1.58. The van der Waals surface area contributed by atoms with Crippen molar-refractivity contribution in [2.45, 2.75) is 56.7 Å². The third kappa shape index (κ3) is 3.77. The maximum absolute atomic E-state index is 12.7. The minimum absolute atomic E-state index is 0.0572. The van der Waals surface area contributed by atoms with Crippen molar-refractivity contribution in [3.05, 3.63) is 16.6 Å². The van der Waals surface area contributed by atoms with Crippen LogP contribution in [0.2, 0.25) is 0 Å². The molecule has 130 valence electrons. The van der Waals surface area contributed by atoms with Gasteiger partial charge in [0.2, 0.25) is 5.91 Å². The highest BCUT2D eigenvalue weighted by molar-refractivity contribution is 7.09. The second kappa shape index (κ2) is 7.60. The van der Waals surface area contributed by atoms with Crippen molar-refractivity contribution < 1.29 is 9.53 Å². The van der Waals surface area contributed by atoms with E-state index in [1.54, 1.807) is 17.5 Å². The molecule has 0 aromatic carbocycles. The first-order chi connectivity index (χ1) is 11.6. The number of rotatable bonds is 4. The molecule has 2 heterocycles. The van der Waals surface area contributed by atoms with E-state index < -0.39 is 5.54 Å². The largest absolute Gasteiger partial charge is 0.368 e. The number of amides is 1. The van der Waals surface area contributed by atoms with Gasteiger partial charge in [0.15, 0.2) is 0 Å². The molecule has 1 aliphatic carbocycles. The smallest absolute Gasteiger partial charge is 0.238 e. The van der Waals surface area contributed by atoms with Gasteiger partial charge in [0.25, 0.3) is 0 Å². The Balaban J connectivity index is 1.61. The van der Waals surface area contributed by atoms with Crippen LogP contribution in [-0.4, -0.2) is 47.1 Å². The molecule has 1 amide bonds. The van der Waals surface area contributed by atoms with Crippen LogP contribution in [0.25, 0.3) is 0 Å². The summed E-state index contributed by atoms with van der Waals surface area (Å²) in [5.74, 6) is -0.0572. The Hall–Kier alpha value is -1.49. The van der Waals surface area contributed by atoms with Crippen LogP contribution in [-0.2, 0) is 9.53 Å². The third-order valence-electron chi connectivity index (χ3n) is 5.04. The molecule has 1 saturated heterocycles. The molecule has 3 rings (SSSR count). The zero-order chi connectivity index (χ0) is 17.0. The molecule has 0 bridgehead atoms. The van der Waals surface area contributed by atoms with Crippen LogP contribution in [0.15, 0.2) is 11.6 Å². The van der Waals surface area contributed by atoms with E-state index in [2.05, 4.69) is 21.3 Å². The Bertz CT molecular complexity index is 592. The number of nitrogens with one attached hydrogen (secondary N) is 1. The summed E-state index contributed by atoms with van der Waals surface area (Å²) < 4.78 is 5.80. The molecule has 2 fully saturated rings. The van der Waals surface area contributed by atoms with Crippen LogP contribution in [0, 0.1) is 11.3 Å². The van der Waals surface area contributed by atoms with Gasteiger partial charge in [0.05, 0.1) is 18.7 Å². The van der Waals surface area contributed by atoms with Gasteiger partial charge in [-0.3, -0.25) is 9.69 Å². The normalized spacial score (nSPS) is 25.6. The fourth-order valence-corrected chi connectivity index (χ4v) is 4.17. The van der Waals surface area contributed by atoms with Crippen molar-refractivity contribution in [1.82, 2.24) is 15.2 Å². The summed E-state index contributed by atoms with van der Waals surface area (Å²) in [7, 11) is 0. The molecular formula is C17H24N4O2S. The molecule has 1 N–H and O–H groups in total. The Morgan fingerprint density at radius 1 is 1.54 bits per heavy atom. The number of nitriles is 1. The van der Waals surface area contributed by atoms with Crippen molar-refractivity contribution in [2.75, 3.05) is 19.7 Å². The predicted molar refractivity (Wildman–Crippen MR) is 91.4 cm³/mol. The number of thiazole rings is 1. The second-order valence-corrected chi connectivity index (χ2v) is 7.57. The number of carbonyl (C=O) groups excluding carboxylic acids is 1. The van der Waals surface area contributed by atoms with Crippen molar-refractivity contribution in [1.29, 1.82) is 5.26 Å². The van der Waals surface area contributed by atoms with E-state index in [0.717, 1.165) is 43.7 Å². The maximum atomic E-state index is 12.7. The Kier molecular flexibility index (Phi) is 5.49. The number of hydrogen-bond donors (Lipinski definition) is 1. The van der Waals surface area contributed by atoms with Gasteiger partial charge < -0.3 is 10.1 Å². The van der Waals surface area contributed by atoms with E-state index in [0.29, 0.717) is 13.2 Å². The summed E-state index contributed by atoms with van der Waals surface area (Å²) in [5, 5.41) is 15.5. The number of morpholine rings is 1. The number of aromatic nitrogens is 1. The third-order valence-corrected chi connectivity index (χ3v) is 5.90. The molecule has 6 nitrogen and oxygen atoms in total. The van der Waals surface area contributed by atoms with E-state index in [1.165, 1.54) is 0 Å². The molecule has 0 spiro atoms. The highest BCUT2D eigenvalue weighted by atomic mass is 32.1. The second-order valence-electron chi connectivity index (χ2n) is 6.64. The fourth-order valence-electron chi connectivity index (χ4n) is 3.49. The van der Waals surface area contributed by atoms with Crippen LogP contribution in [0.1, 0.15) is 50.1 Å². The fraction of sp³-hybridized carbons (Fsp3) is 0.706. The van der Waals surface area contributed by atoms with Crippen LogP contribution in [0.5, 0.6) is 0 Å². The maximum Gasteiger partial charge on any atom is 0.238 e.